The summed E-state index contributed by atoms with van der Waals surface area (Å²) in [6, 6.07) is 1.65. The number of rotatable bonds is 5. The highest BCUT2D eigenvalue weighted by Gasteiger charge is 2.17. The minimum atomic E-state index is -0.475. The number of nitrogens with one attached hydrogen (secondary N) is 2. The third kappa shape index (κ3) is 4.16. The van der Waals surface area contributed by atoms with Crippen LogP contribution < -0.4 is 11.0 Å². The molecule has 0 saturated carbocycles. The van der Waals surface area contributed by atoms with E-state index in [4.69, 9.17) is 4.74 Å². The molecule has 1 aliphatic rings. The summed E-state index contributed by atoms with van der Waals surface area (Å²) in [7, 11) is 0. The Bertz CT molecular complexity index is 519. The van der Waals surface area contributed by atoms with Gasteiger partial charge in [-0.15, -0.1) is 0 Å². The van der Waals surface area contributed by atoms with Crippen LogP contribution in [0.2, 0.25) is 0 Å². The van der Waals surface area contributed by atoms with Crippen LogP contribution in [-0.4, -0.2) is 35.6 Å². The molecule has 1 aromatic rings. The molecule has 2 heterocycles. The summed E-state index contributed by atoms with van der Waals surface area (Å²) in [6.07, 6.45) is 1.68. The molecule has 0 spiro atoms. The molecule has 20 heavy (non-hydrogen) atoms. The van der Waals surface area contributed by atoms with Gasteiger partial charge in [-0.1, -0.05) is 13.8 Å². The number of amides is 1. The average Bonchev–Trinajstić information content (AvgIpc) is 2.87. The van der Waals surface area contributed by atoms with Crippen molar-refractivity contribution in [1.29, 1.82) is 0 Å². The van der Waals surface area contributed by atoms with E-state index in [2.05, 4.69) is 29.1 Å². The molecule has 1 amide bonds. The molecule has 2 rings (SSSR count). The molecule has 0 bridgehead atoms. The number of hydrogen-bond acceptors (Lipinski definition) is 4. The van der Waals surface area contributed by atoms with E-state index in [1.165, 1.54) is 0 Å². The number of nitrogens with zero attached hydrogens (tertiary/aromatic N) is 1. The minimum Gasteiger partial charge on any atom is -0.381 e. The Labute approximate surface area is 118 Å². The number of hydrogen-bond donors (Lipinski definition) is 2. The number of H-pyrrole nitrogens is 1. The molecule has 1 atom stereocenters. The first-order valence-corrected chi connectivity index (χ1v) is 7.00. The third-order valence-electron chi connectivity index (χ3n) is 3.24. The molecule has 0 radical (unpaired) electrons. The molecule has 6 nitrogen and oxygen atoms in total. The van der Waals surface area contributed by atoms with E-state index in [1.807, 2.05) is 0 Å². The lowest BCUT2D eigenvalue weighted by Crippen LogP contribution is -2.32. The van der Waals surface area contributed by atoms with Crippen LogP contribution in [0.3, 0.4) is 0 Å². The normalized spacial score (nSPS) is 18.4. The van der Waals surface area contributed by atoms with E-state index in [0.717, 1.165) is 18.7 Å². The Morgan fingerprint density at radius 1 is 1.60 bits per heavy atom. The van der Waals surface area contributed by atoms with Crippen LogP contribution in [0.25, 0.3) is 0 Å². The monoisotopic (exact) mass is 279 g/mol. The summed E-state index contributed by atoms with van der Waals surface area (Å²) < 4.78 is 5.26. The van der Waals surface area contributed by atoms with Crippen molar-refractivity contribution in [3.8, 4) is 0 Å². The van der Waals surface area contributed by atoms with Gasteiger partial charge in [0.2, 0.25) is 0 Å². The van der Waals surface area contributed by atoms with E-state index >= 15 is 0 Å². The van der Waals surface area contributed by atoms with Gasteiger partial charge < -0.3 is 15.0 Å². The Hall–Kier alpha value is -1.69. The van der Waals surface area contributed by atoms with Gasteiger partial charge in [0.25, 0.3) is 5.91 Å². The average molecular weight is 279 g/mol. The zero-order valence-corrected chi connectivity index (χ0v) is 11.9. The van der Waals surface area contributed by atoms with Gasteiger partial charge in [0, 0.05) is 24.8 Å². The van der Waals surface area contributed by atoms with Crippen molar-refractivity contribution in [2.24, 2.45) is 11.8 Å². The Balaban J connectivity index is 2.00. The lowest BCUT2D eigenvalue weighted by atomic mass is 10.1. The Morgan fingerprint density at radius 3 is 3.05 bits per heavy atom. The highest BCUT2D eigenvalue weighted by molar-refractivity contribution is 5.92. The first-order valence-electron chi connectivity index (χ1n) is 7.00. The molecule has 1 aliphatic heterocycles. The van der Waals surface area contributed by atoms with Gasteiger partial charge >= 0.3 is 5.69 Å². The number of ether oxygens (including phenoxy) is 1. The summed E-state index contributed by atoms with van der Waals surface area (Å²) in [6.45, 7) is 6.11. The highest BCUT2D eigenvalue weighted by atomic mass is 16.5. The number of aromatic amines is 1. The summed E-state index contributed by atoms with van der Waals surface area (Å²) in [5.74, 6) is 0.462. The zero-order valence-electron chi connectivity index (χ0n) is 11.9. The second-order valence-corrected chi connectivity index (χ2v) is 5.63. The quantitative estimate of drug-likeness (QED) is 0.832. The highest BCUT2D eigenvalue weighted by Crippen LogP contribution is 2.11. The summed E-state index contributed by atoms with van der Waals surface area (Å²) in [4.78, 5) is 29.9. The Kier molecular flexibility index (Phi) is 4.89. The van der Waals surface area contributed by atoms with Crippen LogP contribution in [0.1, 0.15) is 36.5 Å². The van der Waals surface area contributed by atoms with Crippen molar-refractivity contribution in [1.82, 2.24) is 15.3 Å². The number of carbonyl (C=O) groups excluding carboxylic acids is 1. The second kappa shape index (κ2) is 6.65. The van der Waals surface area contributed by atoms with Crippen LogP contribution >= 0.6 is 0 Å². The van der Waals surface area contributed by atoms with Crippen LogP contribution in [0, 0.1) is 11.8 Å². The fraction of sp³-hybridized carbons (Fsp3) is 0.643. The standard InChI is InChI=1S/C14H21N3O3/c1-9(2)5-11-6-12(17-14(19)16-11)13(18)15-7-10-3-4-20-8-10/h6,9-10H,3-5,7-8H2,1-2H3,(H,15,18)(H,16,17,19). The molecule has 1 unspecified atom stereocenters. The van der Waals surface area contributed by atoms with Gasteiger partial charge in [-0.3, -0.25) is 4.79 Å². The largest absolute Gasteiger partial charge is 0.381 e. The van der Waals surface area contributed by atoms with Crippen molar-refractivity contribution in [3.63, 3.8) is 0 Å². The number of carbonyl (C=O) groups is 1. The van der Waals surface area contributed by atoms with Crippen molar-refractivity contribution >= 4 is 5.91 Å². The predicted molar refractivity (Wildman–Crippen MR) is 74.7 cm³/mol. The first-order chi connectivity index (χ1) is 9.54. The minimum absolute atomic E-state index is 0.184. The summed E-state index contributed by atoms with van der Waals surface area (Å²) >= 11 is 0. The van der Waals surface area contributed by atoms with Gasteiger partial charge in [0.1, 0.15) is 5.69 Å². The maximum atomic E-state index is 12.0. The van der Waals surface area contributed by atoms with Gasteiger partial charge in [-0.05, 0) is 24.8 Å². The van der Waals surface area contributed by atoms with Crippen molar-refractivity contribution in [3.05, 3.63) is 27.9 Å². The maximum absolute atomic E-state index is 12.0. The van der Waals surface area contributed by atoms with Crippen LogP contribution in [0.4, 0.5) is 0 Å². The fourth-order valence-corrected chi connectivity index (χ4v) is 2.25. The SMILES string of the molecule is CC(C)Cc1cc(C(=O)NCC2CCOC2)nc(=O)[nH]1. The third-order valence-corrected chi connectivity index (χ3v) is 3.24. The summed E-state index contributed by atoms with van der Waals surface area (Å²) in [5, 5.41) is 2.81. The molecule has 110 valence electrons. The number of aromatic nitrogens is 2. The predicted octanol–water partition coefficient (Wildman–Crippen LogP) is 0.735. The fourth-order valence-electron chi connectivity index (χ4n) is 2.25. The molecule has 2 N–H and O–H groups in total. The van der Waals surface area contributed by atoms with Crippen molar-refractivity contribution in [2.75, 3.05) is 19.8 Å². The van der Waals surface area contributed by atoms with E-state index in [-0.39, 0.29) is 11.6 Å². The molecule has 1 saturated heterocycles. The van der Waals surface area contributed by atoms with E-state index < -0.39 is 5.69 Å². The topological polar surface area (TPSA) is 84.1 Å². The van der Waals surface area contributed by atoms with E-state index in [0.29, 0.717) is 31.4 Å². The Morgan fingerprint density at radius 2 is 2.40 bits per heavy atom. The molecule has 0 aliphatic carbocycles. The van der Waals surface area contributed by atoms with Crippen molar-refractivity contribution < 1.29 is 9.53 Å². The molecule has 6 heteroatoms. The molecule has 1 aromatic heterocycles. The van der Waals surface area contributed by atoms with Crippen LogP contribution in [0.5, 0.6) is 0 Å². The molecule has 1 fully saturated rings. The van der Waals surface area contributed by atoms with Crippen LogP contribution in [-0.2, 0) is 11.2 Å². The summed E-state index contributed by atoms with van der Waals surface area (Å²) in [5.41, 5.74) is 0.454. The maximum Gasteiger partial charge on any atom is 0.345 e. The van der Waals surface area contributed by atoms with Gasteiger partial charge in [-0.25, -0.2) is 4.79 Å². The lowest BCUT2D eigenvalue weighted by Gasteiger charge is -2.10. The lowest BCUT2D eigenvalue weighted by molar-refractivity contribution is 0.0939. The second-order valence-electron chi connectivity index (χ2n) is 5.63. The van der Waals surface area contributed by atoms with Crippen molar-refractivity contribution in [2.45, 2.75) is 26.7 Å². The van der Waals surface area contributed by atoms with Gasteiger partial charge in [0.05, 0.1) is 6.61 Å². The molecular formula is C14H21N3O3. The van der Waals surface area contributed by atoms with E-state index in [9.17, 15) is 9.59 Å². The van der Waals surface area contributed by atoms with Gasteiger partial charge in [-0.2, -0.15) is 4.98 Å². The smallest absolute Gasteiger partial charge is 0.345 e. The molecular weight excluding hydrogens is 258 g/mol. The first kappa shape index (κ1) is 14.7. The zero-order chi connectivity index (χ0) is 14.5. The van der Waals surface area contributed by atoms with Gasteiger partial charge in [0.15, 0.2) is 0 Å². The van der Waals surface area contributed by atoms with Crippen LogP contribution in [0.15, 0.2) is 10.9 Å². The molecule has 0 aromatic carbocycles. The van der Waals surface area contributed by atoms with E-state index in [1.54, 1.807) is 6.07 Å².